The zero-order chi connectivity index (χ0) is 17.1. The normalized spacial score (nSPS) is 24.5. The molecule has 3 rings (SSSR count). The van der Waals surface area contributed by atoms with Gasteiger partial charge >= 0.3 is 0 Å². The predicted molar refractivity (Wildman–Crippen MR) is 90.2 cm³/mol. The van der Waals surface area contributed by atoms with Crippen LogP contribution in [0.4, 0.5) is 0 Å². The first-order valence-electron chi connectivity index (χ1n) is 8.84. The molecule has 0 radical (unpaired) electrons. The Balaban J connectivity index is 1.59. The van der Waals surface area contributed by atoms with Crippen LogP contribution in [0.1, 0.15) is 38.4 Å². The number of rotatable bonds is 5. The Morgan fingerprint density at radius 3 is 2.71 bits per heavy atom. The summed E-state index contributed by atoms with van der Waals surface area (Å²) in [6.07, 6.45) is 5.92. The van der Waals surface area contributed by atoms with Crippen molar-refractivity contribution in [3.63, 3.8) is 0 Å². The molecule has 0 unspecified atom stereocenters. The maximum absolute atomic E-state index is 12.6. The van der Waals surface area contributed by atoms with E-state index < -0.39 is 0 Å². The second-order valence-electron chi connectivity index (χ2n) is 6.93. The summed E-state index contributed by atoms with van der Waals surface area (Å²) in [6, 6.07) is 4.30. The zero-order valence-corrected chi connectivity index (χ0v) is 14.6. The Morgan fingerprint density at radius 2 is 2.00 bits per heavy atom. The van der Waals surface area contributed by atoms with Crippen molar-refractivity contribution in [1.82, 2.24) is 14.7 Å². The van der Waals surface area contributed by atoms with Crippen LogP contribution in [0.15, 0.2) is 22.8 Å². The predicted octanol–water partition coefficient (Wildman–Crippen LogP) is 1.71. The van der Waals surface area contributed by atoms with E-state index in [-0.39, 0.29) is 17.9 Å². The van der Waals surface area contributed by atoms with Crippen molar-refractivity contribution in [2.75, 3.05) is 26.7 Å². The first-order chi connectivity index (χ1) is 11.6. The lowest BCUT2D eigenvalue weighted by atomic mass is 10.0. The lowest BCUT2D eigenvalue weighted by Gasteiger charge is -2.34. The molecule has 2 amide bonds. The monoisotopic (exact) mass is 333 g/mol. The summed E-state index contributed by atoms with van der Waals surface area (Å²) >= 11 is 0. The standard InChI is InChI=1S/C18H27N3O3/c1-14(22)21-10-4-8-17(21)16-7-3-9-20(16)13-18(23)19(2)12-15-6-5-11-24-15/h5-6,11,16-17H,3-4,7-10,12-13H2,1-2H3/t16-,17-/m0/s1. The van der Waals surface area contributed by atoms with Crippen molar-refractivity contribution in [2.45, 2.75) is 51.2 Å². The lowest BCUT2D eigenvalue weighted by Crippen LogP contribution is -2.50. The van der Waals surface area contributed by atoms with Crippen LogP contribution >= 0.6 is 0 Å². The highest BCUT2D eigenvalue weighted by Crippen LogP contribution is 2.30. The Labute approximate surface area is 143 Å². The fraction of sp³-hybridized carbons (Fsp3) is 0.667. The van der Waals surface area contributed by atoms with Gasteiger partial charge < -0.3 is 14.2 Å². The minimum Gasteiger partial charge on any atom is -0.467 e. The van der Waals surface area contributed by atoms with Crippen molar-refractivity contribution in [1.29, 1.82) is 0 Å². The molecule has 0 spiro atoms. The Bertz CT molecular complexity index is 572. The second kappa shape index (κ2) is 7.38. The molecule has 0 aromatic carbocycles. The number of amides is 2. The van der Waals surface area contributed by atoms with E-state index in [4.69, 9.17) is 4.42 Å². The Hall–Kier alpha value is -1.82. The number of carbonyl (C=O) groups is 2. The van der Waals surface area contributed by atoms with Crippen molar-refractivity contribution in [3.8, 4) is 0 Å². The summed E-state index contributed by atoms with van der Waals surface area (Å²) in [5.74, 6) is 1.05. The van der Waals surface area contributed by atoms with Gasteiger partial charge in [-0.3, -0.25) is 14.5 Å². The van der Waals surface area contributed by atoms with Gasteiger partial charge in [0.25, 0.3) is 0 Å². The highest BCUT2D eigenvalue weighted by molar-refractivity contribution is 5.78. The van der Waals surface area contributed by atoms with Gasteiger partial charge in [0.2, 0.25) is 11.8 Å². The average Bonchev–Trinajstić information content (AvgIpc) is 3.27. The van der Waals surface area contributed by atoms with Crippen LogP contribution in [-0.2, 0) is 16.1 Å². The highest BCUT2D eigenvalue weighted by Gasteiger charge is 2.39. The quantitative estimate of drug-likeness (QED) is 0.823. The molecule has 24 heavy (non-hydrogen) atoms. The molecule has 0 bridgehead atoms. The number of carbonyl (C=O) groups excluding carboxylic acids is 2. The van der Waals surface area contributed by atoms with Crippen LogP contribution in [0.2, 0.25) is 0 Å². The van der Waals surface area contributed by atoms with Crippen LogP contribution in [0.25, 0.3) is 0 Å². The number of hydrogen-bond donors (Lipinski definition) is 0. The molecular formula is C18H27N3O3. The molecule has 0 saturated carbocycles. The highest BCUT2D eigenvalue weighted by atomic mass is 16.3. The molecule has 0 N–H and O–H groups in total. The van der Waals surface area contributed by atoms with E-state index in [1.165, 1.54) is 0 Å². The maximum Gasteiger partial charge on any atom is 0.236 e. The SMILES string of the molecule is CC(=O)N1CCC[C@H]1[C@@H]1CCCN1CC(=O)N(C)Cc1ccco1. The smallest absolute Gasteiger partial charge is 0.236 e. The zero-order valence-electron chi connectivity index (χ0n) is 14.6. The van der Waals surface area contributed by atoms with Crippen LogP contribution < -0.4 is 0 Å². The molecule has 2 atom stereocenters. The largest absolute Gasteiger partial charge is 0.467 e. The van der Waals surface area contributed by atoms with E-state index >= 15 is 0 Å². The molecule has 6 heteroatoms. The number of hydrogen-bond acceptors (Lipinski definition) is 4. The summed E-state index contributed by atoms with van der Waals surface area (Å²) < 4.78 is 5.32. The van der Waals surface area contributed by atoms with E-state index in [2.05, 4.69) is 4.90 Å². The minimum atomic E-state index is 0.102. The number of nitrogens with zero attached hydrogens (tertiary/aromatic N) is 3. The molecule has 132 valence electrons. The van der Waals surface area contributed by atoms with Gasteiger partial charge in [0.05, 0.1) is 19.4 Å². The van der Waals surface area contributed by atoms with Crippen LogP contribution in [0.5, 0.6) is 0 Å². The topological polar surface area (TPSA) is 57.0 Å². The lowest BCUT2D eigenvalue weighted by molar-refractivity contribution is -0.133. The van der Waals surface area contributed by atoms with Gasteiger partial charge in [-0.25, -0.2) is 0 Å². The first-order valence-corrected chi connectivity index (χ1v) is 8.84. The number of furan rings is 1. The van der Waals surface area contributed by atoms with Gasteiger partial charge in [0.1, 0.15) is 5.76 Å². The van der Waals surface area contributed by atoms with Crippen molar-refractivity contribution < 1.29 is 14.0 Å². The number of likely N-dealkylation sites (tertiary alicyclic amines) is 2. The molecular weight excluding hydrogens is 306 g/mol. The minimum absolute atomic E-state index is 0.102. The summed E-state index contributed by atoms with van der Waals surface area (Å²) in [7, 11) is 1.81. The van der Waals surface area contributed by atoms with E-state index in [0.29, 0.717) is 19.1 Å². The summed E-state index contributed by atoms with van der Waals surface area (Å²) in [6.45, 7) is 4.36. The van der Waals surface area contributed by atoms with Crippen molar-refractivity contribution >= 4 is 11.8 Å². The van der Waals surface area contributed by atoms with Gasteiger partial charge in [-0.15, -0.1) is 0 Å². The molecule has 6 nitrogen and oxygen atoms in total. The van der Waals surface area contributed by atoms with Crippen LogP contribution in [0, 0.1) is 0 Å². The van der Waals surface area contributed by atoms with Gasteiger partial charge in [-0.1, -0.05) is 0 Å². The molecule has 2 saturated heterocycles. The Morgan fingerprint density at radius 1 is 1.25 bits per heavy atom. The van der Waals surface area contributed by atoms with Gasteiger partial charge in [0.15, 0.2) is 0 Å². The Kier molecular flexibility index (Phi) is 5.23. The maximum atomic E-state index is 12.6. The molecule has 1 aromatic rings. The van der Waals surface area contributed by atoms with Crippen LogP contribution in [0.3, 0.4) is 0 Å². The second-order valence-corrected chi connectivity index (χ2v) is 6.93. The van der Waals surface area contributed by atoms with Gasteiger partial charge in [-0.2, -0.15) is 0 Å². The summed E-state index contributed by atoms with van der Waals surface area (Å²) in [5.41, 5.74) is 0. The molecule has 2 aliphatic heterocycles. The molecule has 2 fully saturated rings. The van der Waals surface area contributed by atoms with Gasteiger partial charge in [-0.05, 0) is 44.4 Å². The molecule has 1 aromatic heterocycles. The fourth-order valence-corrected chi connectivity index (χ4v) is 4.09. The molecule has 0 aliphatic carbocycles. The van der Waals surface area contributed by atoms with Crippen molar-refractivity contribution in [3.05, 3.63) is 24.2 Å². The van der Waals surface area contributed by atoms with E-state index in [9.17, 15) is 9.59 Å². The third-order valence-corrected chi connectivity index (χ3v) is 5.30. The first kappa shape index (κ1) is 17.0. The third kappa shape index (κ3) is 3.64. The molecule has 3 heterocycles. The van der Waals surface area contributed by atoms with Crippen molar-refractivity contribution in [2.24, 2.45) is 0 Å². The molecule has 2 aliphatic rings. The van der Waals surface area contributed by atoms with E-state index in [1.54, 1.807) is 18.1 Å². The fourth-order valence-electron chi connectivity index (χ4n) is 4.09. The summed E-state index contributed by atoms with van der Waals surface area (Å²) in [5, 5.41) is 0. The van der Waals surface area contributed by atoms with Gasteiger partial charge in [0, 0.05) is 32.6 Å². The third-order valence-electron chi connectivity index (χ3n) is 5.30. The number of likely N-dealkylation sites (N-methyl/N-ethyl adjacent to an activating group) is 1. The summed E-state index contributed by atoms with van der Waals surface area (Å²) in [4.78, 5) is 30.4. The van der Waals surface area contributed by atoms with E-state index in [0.717, 1.165) is 44.5 Å². The average molecular weight is 333 g/mol. The van der Waals surface area contributed by atoms with E-state index in [1.807, 2.05) is 24.1 Å². The van der Waals surface area contributed by atoms with Crippen LogP contribution in [-0.4, -0.2) is 65.3 Å².